The van der Waals surface area contributed by atoms with Gasteiger partial charge in [-0.05, 0) is 20.3 Å². The zero-order valence-corrected chi connectivity index (χ0v) is 7.97. The van der Waals surface area contributed by atoms with Gasteiger partial charge in [0.05, 0.1) is 6.54 Å². The summed E-state index contributed by atoms with van der Waals surface area (Å²) in [4.78, 5) is 2.38. The first-order valence-electron chi connectivity index (χ1n) is 4.58. The van der Waals surface area contributed by atoms with Gasteiger partial charge in [-0.2, -0.15) is 0 Å². The van der Waals surface area contributed by atoms with E-state index in [0.717, 1.165) is 26.1 Å². The zero-order valence-electron chi connectivity index (χ0n) is 7.97. The molecule has 0 aromatic rings. The molecule has 0 aromatic carbocycles. The Bertz CT molecular complexity index is 178. The second-order valence-corrected chi connectivity index (χ2v) is 3.32. The molecule has 68 valence electrons. The minimum Gasteiger partial charge on any atom is -0.369 e. The van der Waals surface area contributed by atoms with Gasteiger partial charge >= 0.3 is 0 Å². The Morgan fingerprint density at radius 2 is 2.17 bits per heavy atom. The molecule has 1 aliphatic heterocycles. The summed E-state index contributed by atoms with van der Waals surface area (Å²) >= 11 is 0. The summed E-state index contributed by atoms with van der Waals surface area (Å²) in [5.74, 6) is 6.11. The van der Waals surface area contributed by atoms with Crippen LogP contribution < -0.4 is 0 Å². The van der Waals surface area contributed by atoms with Crippen LogP contribution in [-0.4, -0.2) is 37.2 Å². The summed E-state index contributed by atoms with van der Waals surface area (Å²) in [5, 5.41) is 0. The summed E-state index contributed by atoms with van der Waals surface area (Å²) in [6, 6.07) is 0.595. The van der Waals surface area contributed by atoms with Gasteiger partial charge in [-0.25, -0.2) is 0 Å². The molecule has 0 bridgehead atoms. The van der Waals surface area contributed by atoms with Crippen molar-refractivity contribution in [3.63, 3.8) is 0 Å². The molecule has 0 unspecified atom stereocenters. The smallest absolute Gasteiger partial charge is 0.107 e. The van der Waals surface area contributed by atoms with Crippen molar-refractivity contribution in [1.82, 2.24) is 4.90 Å². The third-order valence-electron chi connectivity index (χ3n) is 2.05. The maximum atomic E-state index is 5.28. The Kier molecular flexibility index (Phi) is 4.13. The summed E-state index contributed by atoms with van der Waals surface area (Å²) in [5.41, 5.74) is 0. The summed E-state index contributed by atoms with van der Waals surface area (Å²) in [7, 11) is 0. The van der Waals surface area contributed by atoms with Crippen molar-refractivity contribution in [3.05, 3.63) is 0 Å². The van der Waals surface area contributed by atoms with E-state index in [-0.39, 0.29) is 0 Å². The lowest BCUT2D eigenvalue weighted by molar-refractivity contribution is 0.147. The lowest BCUT2D eigenvalue weighted by Gasteiger charge is -2.23. The van der Waals surface area contributed by atoms with Crippen molar-refractivity contribution in [2.45, 2.75) is 26.3 Å². The van der Waals surface area contributed by atoms with Crippen molar-refractivity contribution < 1.29 is 4.74 Å². The average Bonchev–Trinajstić information content (AvgIpc) is 2.15. The first-order chi connectivity index (χ1) is 5.80. The van der Waals surface area contributed by atoms with Gasteiger partial charge in [-0.15, -0.1) is 0 Å². The highest BCUT2D eigenvalue weighted by Gasteiger charge is 2.07. The van der Waals surface area contributed by atoms with E-state index in [4.69, 9.17) is 4.74 Å². The van der Waals surface area contributed by atoms with Crippen LogP contribution in [0.2, 0.25) is 0 Å². The van der Waals surface area contributed by atoms with E-state index in [1.54, 1.807) is 0 Å². The normalized spacial score (nSPS) is 20.6. The SMILES string of the molecule is CC(C)N1CC#CCOCCC1. The maximum absolute atomic E-state index is 5.28. The molecule has 0 atom stereocenters. The van der Waals surface area contributed by atoms with Crippen LogP contribution in [0.15, 0.2) is 0 Å². The summed E-state index contributed by atoms with van der Waals surface area (Å²) in [6.07, 6.45) is 1.11. The molecule has 0 amide bonds. The fourth-order valence-corrected chi connectivity index (χ4v) is 1.22. The van der Waals surface area contributed by atoms with E-state index >= 15 is 0 Å². The molecule has 0 spiro atoms. The van der Waals surface area contributed by atoms with Gasteiger partial charge < -0.3 is 4.74 Å². The van der Waals surface area contributed by atoms with Crippen molar-refractivity contribution >= 4 is 0 Å². The van der Waals surface area contributed by atoms with Gasteiger partial charge in [-0.3, -0.25) is 4.90 Å². The second-order valence-electron chi connectivity index (χ2n) is 3.32. The molecule has 1 aliphatic rings. The number of hydrogen-bond acceptors (Lipinski definition) is 2. The maximum Gasteiger partial charge on any atom is 0.107 e. The Morgan fingerprint density at radius 1 is 1.33 bits per heavy atom. The van der Waals surface area contributed by atoms with E-state index in [9.17, 15) is 0 Å². The molecule has 2 heteroatoms. The summed E-state index contributed by atoms with van der Waals surface area (Å²) in [6.45, 7) is 7.86. The number of rotatable bonds is 1. The monoisotopic (exact) mass is 167 g/mol. The van der Waals surface area contributed by atoms with E-state index < -0.39 is 0 Å². The third kappa shape index (κ3) is 3.25. The number of nitrogens with zero attached hydrogens (tertiary/aromatic N) is 1. The molecule has 0 N–H and O–H groups in total. The lowest BCUT2D eigenvalue weighted by Crippen LogP contribution is -2.32. The Labute approximate surface area is 74.9 Å². The predicted molar refractivity (Wildman–Crippen MR) is 49.9 cm³/mol. The highest BCUT2D eigenvalue weighted by atomic mass is 16.5. The third-order valence-corrected chi connectivity index (χ3v) is 2.05. The molecule has 0 aromatic heterocycles. The highest BCUT2D eigenvalue weighted by molar-refractivity contribution is 5.02. The van der Waals surface area contributed by atoms with Crippen LogP contribution in [0.4, 0.5) is 0 Å². The highest BCUT2D eigenvalue weighted by Crippen LogP contribution is 1.99. The van der Waals surface area contributed by atoms with E-state index in [2.05, 4.69) is 30.6 Å². The van der Waals surface area contributed by atoms with Crippen LogP contribution in [-0.2, 0) is 4.74 Å². The van der Waals surface area contributed by atoms with Crippen LogP contribution >= 0.6 is 0 Å². The first-order valence-corrected chi connectivity index (χ1v) is 4.58. The molecule has 1 rings (SSSR count). The van der Waals surface area contributed by atoms with Gasteiger partial charge in [-0.1, -0.05) is 11.8 Å². The molecule has 0 saturated carbocycles. The van der Waals surface area contributed by atoms with Crippen molar-refractivity contribution in [2.75, 3.05) is 26.3 Å². The number of ether oxygens (including phenoxy) is 1. The molecular formula is C10H17NO. The minimum absolute atomic E-state index is 0.595. The van der Waals surface area contributed by atoms with Gasteiger partial charge in [0.15, 0.2) is 0 Å². The topological polar surface area (TPSA) is 12.5 Å². The van der Waals surface area contributed by atoms with Crippen molar-refractivity contribution in [1.29, 1.82) is 0 Å². The molecule has 0 saturated heterocycles. The quantitative estimate of drug-likeness (QED) is 0.543. The largest absolute Gasteiger partial charge is 0.369 e. The van der Waals surface area contributed by atoms with E-state index in [0.29, 0.717) is 12.6 Å². The van der Waals surface area contributed by atoms with Crippen LogP contribution in [0, 0.1) is 11.8 Å². The second kappa shape index (κ2) is 5.18. The predicted octanol–water partition coefficient (Wildman–Crippen LogP) is 1.12. The Hall–Kier alpha value is -0.520. The minimum atomic E-state index is 0.595. The number of hydrogen-bond donors (Lipinski definition) is 0. The van der Waals surface area contributed by atoms with Gasteiger partial charge in [0, 0.05) is 19.2 Å². The fourth-order valence-electron chi connectivity index (χ4n) is 1.22. The molecule has 0 fully saturated rings. The van der Waals surface area contributed by atoms with Crippen LogP contribution in [0.25, 0.3) is 0 Å². The van der Waals surface area contributed by atoms with Crippen molar-refractivity contribution in [2.24, 2.45) is 0 Å². The van der Waals surface area contributed by atoms with Gasteiger partial charge in [0.2, 0.25) is 0 Å². The van der Waals surface area contributed by atoms with Gasteiger partial charge in [0.1, 0.15) is 6.61 Å². The molecule has 0 aliphatic carbocycles. The summed E-state index contributed by atoms with van der Waals surface area (Å²) < 4.78 is 5.28. The zero-order chi connectivity index (χ0) is 8.81. The molecule has 1 heterocycles. The fraction of sp³-hybridized carbons (Fsp3) is 0.800. The molecular weight excluding hydrogens is 150 g/mol. The standard InChI is InChI=1S/C10H17NO/c1-10(2)11-6-3-4-8-12-9-5-7-11/h10H,5-9H2,1-2H3. The Balaban J connectivity index is 2.42. The van der Waals surface area contributed by atoms with Gasteiger partial charge in [0.25, 0.3) is 0 Å². The van der Waals surface area contributed by atoms with Crippen LogP contribution in [0.3, 0.4) is 0 Å². The molecule has 2 nitrogen and oxygen atoms in total. The van der Waals surface area contributed by atoms with E-state index in [1.807, 2.05) is 0 Å². The first kappa shape index (κ1) is 9.57. The van der Waals surface area contributed by atoms with E-state index in [1.165, 1.54) is 0 Å². The molecule has 12 heavy (non-hydrogen) atoms. The Morgan fingerprint density at radius 3 is 2.92 bits per heavy atom. The van der Waals surface area contributed by atoms with Crippen molar-refractivity contribution in [3.8, 4) is 11.8 Å². The van der Waals surface area contributed by atoms with Crippen LogP contribution in [0.5, 0.6) is 0 Å². The van der Waals surface area contributed by atoms with Crippen LogP contribution in [0.1, 0.15) is 20.3 Å². The molecule has 0 radical (unpaired) electrons. The lowest BCUT2D eigenvalue weighted by atomic mass is 10.3. The average molecular weight is 167 g/mol.